The molecule has 22 heavy (non-hydrogen) atoms. The lowest BCUT2D eigenvalue weighted by molar-refractivity contribution is 0.107. The molecule has 112 valence electrons. The summed E-state index contributed by atoms with van der Waals surface area (Å²) in [7, 11) is 0. The molecule has 0 saturated heterocycles. The number of nitrogens with one attached hydrogen (secondary N) is 1. The third-order valence-electron chi connectivity index (χ3n) is 3.19. The second kappa shape index (κ2) is 6.02. The maximum atomic E-state index is 5.92. The summed E-state index contributed by atoms with van der Waals surface area (Å²) in [5, 5.41) is 9.96. The molecule has 0 fully saturated rings. The van der Waals surface area contributed by atoms with Crippen LogP contribution in [0.1, 0.15) is 0 Å². The van der Waals surface area contributed by atoms with Crippen LogP contribution in [0.3, 0.4) is 0 Å². The lowest BCUT2D eigenvalue weighted by atomic mass is 10.3. The van der Waals surface area contributed by atoms with Gasteiger partial charge in [-0.1, -0.05) is 30.0 Å². The Labute approximate surface area is 135 Å². The van der Waals surface area contributed by atoms with Crippen LogP contribution in [-0.2, 0) is 0 Å². The smallest absolute Gasteiger partial charge is 0.208 e. The minimum Gasteiger partial charge on any atom is -0.486 e. The van der Waals surface area contributed by atoms with Crippen molar-refractivity contribution in [3.63, 3.8) is 0 Å². The summed E-state index contributed by atoms with van der Waals surface area (Å²) in [4.78, 5) is 5.58. The molecule has 2 aromatic heterocycles. The van der Waals surface area contributed by atoms with Gasteiger partial charge in [0.25, 0.3) is 0 Å². The number of H-pyrrole nitrogens is 1. The zero-order valence-electron chi connectivity index (χ0n) is 11.6. The molecule has 1 aliphatic heterocycles. The summed E-state index contributed by atoms with van der Waals surface area (Å²) in [5.74, 6) is 3.16. The van der Waals surface area contributed by atoms with Crippen molar-refractivity contribution in [2.75, 3.05) is 12.4 Å². The van der Waals surface area contributed by atoms with Crippen LogP contribution in [0.15, 0.2) is 46.9 Å². The third-order valence-corrected chi connectivity index (χ3v) is 5.04. The van der Waals surface area contributed by atoms with E-state index in [1.807, 2.05) is 41.8 Å². The lowest BCUT2D eigenvalue weighted by Gasteiger charge is -2.25. The first-order valence-electron chi connectivity index (χ1n) is 6.86. The number of hydrogen-bond acceptors (Lipinski definition) is 6. The highest BCUT2D eigenvalue weighted by Crippen LogP contribution is 2.32. The van der Waals surface area contributed by atoms with Crippen LogP contribution in [0.5, 0.6) is 11.5 Å². The Hall–Kier alpha value is -1.99. The van der Waals surface area contributed by atoms with Gasteiger partial charge in [-0.25, -0.2) is 4.98 Å². The quantitative estimate of drug-likeness (QED) is 0.742. The Balaban J connectivity index is 1.38. The number of nitrogens with zero attached hydrogens (tertiary/aromatic N) is 2. The highest BCUT2D eigenvalue weighted by molar-refractivity contribution is 7.99. The zero-order valence-corrected chi connectivity index (χ0v) is 13.2. The maximum absolute atomic E-state index is 5.92. The lowest BCUT2D eigenvalue weighted by Crippen LogP contribution is -2.31. The van der Waals surface area contributed by atoms with E-state index in [4.69, 9.17) is 9.47 Å². The standard InChI is InChI=1S/C15H13N3O2S2/c1-2-5-12-11(4-1)19-8-10(20-12)9-22-15-16-14(17-18-15)13-6-3-7-21-13/h1-7,10H,8-9H2,(H,16,17,18). The monoisotopic (exact) mass is 331 g/mol. The second-order valence-corrected chi connectivity index (χ2v) is 6.69. The molecule has 0 saturated carbocycles. The molecule has 4 rings (SSSR count). The number of rotatable bonds is 4. The molecular weight excluding hydrogens is 318 g/mol. The van der Waals surface area contributed by atoms with Gasteiger partial charge in [0, 0.05) is 5.75 Å². The fourth-order valence-electron chi connectivity index (χ4n) is 2.15. The van der Waals surface area contributed by atoms with Crippen LogP contribution in [0, 0.1) is 0 Å². The van der Waals surface area contributed by atoms with Crippen molar-refractivity contribution in [2.24, 2.45) is 0 Å². The average molecular weight is 331 g/mol. The van der Waals surface area contributed by atoms with E-state index >= 15 is 0 Å². The predicted octanol–water partition coefficient (Wildman–Crippen LogP) is 3.47. The fraction of sp³-hybridized carbons (Fsp3) is 0.200. The number of para-hydroxylation sites is 2. The van der Waals surface area contributed by atoms with E-state index in [1.165, 1.54) is 0 Å². The third kappa shape index (κ3) is 2.82. The van der Waals surface area contributed by atoms with Gasteiger partial charge in [-0.3, -0.25) is 5.10 Å². The number of benzene rings is 1. The van der Waals surface area contributed by atoms with Crippen molar-refractivity contribution >= 4 is 23.1 Å². The molecule has 1 N–H and O–H groups in total. The summed E-state index contributed by atoms with van der Waals surface area (Å²) in [6, 6.07) is 11.8. The molecule has 0 aliphatic carbocycles. The first-order valence-corrected chi connectivity index (χ1v) is 8.72. The molecule has 3 aromatic rings. The predicted molar refractivity (Wildman–Crippen MR) is 86.8 cm³/mol. The van der Waals surface area contributed by atoms with Crippen LogP contribution in [-0.4, -0.2) is 33.6 Å². The summed E-state index contributed by atoms with van der Waals surface area (Å²) in [6.45, 7) is 0.548. The molecule has 0 amide bonds. The number of ether oxygens (including phenoxy) is 2. The minimum absolute atomic E-state index is 0.00332. The maximum Gasteiger partial charge on any atom is 0.208 e. The van der Waals surface area contributed by atoms with Gasteiger partial charge in [0.2, 0.25) is 5.16 Å². The molecule has 0 radical (unpaired) electrons. The molecular formula is C15H13N3O2S2. The number of aromatic amines is 1. The normalized spacial score (nSPS) is 16.6. The van der Waals surface area contributed by atoms with E-state index in [0.29, 0.717) is 6.61 Å². The van der Waals surface area contributed by atoms with Crippen LogP contribution in [0.4, 0.5) is 0 Å². The topological polar surface area (TPSA) is 60.0 Å². The van der Waals surface area contributed by atoms with Crippen LogP contribution >= 0.6 is 23.1 Å². The largest absolute Gasteiger partial charge is 0.486 e. The van der Waals surface area contributed by atoms with Gasteiger partial charge in [-0.05, 0) is 23.6 Å². The number of thioether (sulfide) groups is 1. The van der Waals surface area contributed by atoms with Crippen LogP contribution in [0.25, 0.3) is 10.7 Å². The van der Waals surface area contributed by atoms with Gasteiger partial charge in [0.05, 0.1) is 4.88 Å². The van der Waals surface area contributed by atoms with Crippen molar-refractivity contribution in [3.8, 4) is 22.2 Å². The van der Waals surface area contributed by atoms with Crippen molar-refractivity contribution in [2.45, 2.75) is 11.3 Å². The first-order chi connectivity index (χ1) is 10.9. The molecule has 1 atom stereocenters. The molecule has 0 spiro atoms. The van der Waals surface area contributed by atoms with E-state index in [9.17, 15) is 0 Å². The van der Waals surface area contributed by atoms with Gasteiger partial charge in [0.15, 0.2) is 17.3 Å². The summed E-state index contributed by atoms with van der Waals surface area (Å²) >= 11 is 3.21. The van der Waals surface area contributed by atoms with Crippen molar-refractivity contribution in [3.05, 3.63) is 41.8 Å². The SMILES string of the molecule is c1csc(-c2nc(SCC3COc4ccccc4O3)n[nH]2)c1. The van der Waals surface area contributed by atoms with Crippen molar-refractivity contribution < 1.29 is 9.47 Å². The Morgan fingerprint density at radius 1 is 1.23 bits per heavy atom. The van der Waals surface area contributed by atoms with Gasteiger partial charge in [-0.15, -0.1) is 16.4 Å². The number of thiophene rings is 1. The number of fused-ring (bicyclic) bond motifs is 1. The van der Waals surface area contributed by atoms with E-state index in [0.717, 1.165) is 33.1 Å². The molecule has 1 aliphatic rings. The van der Waals surface area contributed by atoms with Crippen molar-refractivity contribution in [1.82, 2.24) is 15.2 Å². The molecule has 1 unspecified atom stereocenters. The Kier molecular flexibility index (Phi) is 3.74. The fourth-order valence-corrected chi connectivity index (χ4v) is 3.58. The first kappa shape index (κ1) is 13.7. The highest BCUT2D eigenvalue weighted by Gasteiger charge is 2.21. The van der Waals surface area contributed by atoms with Gasteiger partial charge in [0.1, 0.15) is 12.7 Å². The molecule has 3 heterocycles. The van der Waals surface area contributed by atoms with E-state index in [2.05, 4.69) is 15.2 Å². The summed E-state index contributed by atoms with van der Waals surface area (Å²) in [5.41, 5.74) is 0. The second-order valence-electron chi connectivity index (χ2n) is 4.75. The molecule has 0 bridgehead atoms. The Morgan fingerprint density at radius 3 is 3.00 bits per heavy atom. The van der Waals surface area contributed by atoms with E-state index in [-0.39, 0.29) is 6.10 Å². The number of hydrogen-bond donors (Lipinski definition) is 1. The summed E-state index contributed by atoms with van der Waals surface area (Å²) in [6.07, 6.45) is 0.00332. The van der Waals surface area contributed by atoms with Crippen molar-refractivity contribution in [1.29, 1.82) is 0 Å². The van der Waals surface area contributed by atoms with E-state index in [1.54, 1.807) is 23.1 Å². The Morgan fingerprint density at radius 2 is 2.14 bits per heavy atom. The van der Waals surface area contributed by atoms with Gasteiger partial charge >= 0.3 is 0 Å². The summed E-state index contributed by atoms with van der Waals surface area (Å²) < 4.78 is 11.6. The highest BCUT2D eigenvalue weighted by atomic mass is 32.2. The minimum atomic E-state index is 0.00332. The van der Waals surface area contributed by atoms with Gasteiger partial charge in [-0.2, -0.15) is 0 Å². The van der Waals surface area contributed by atoms with Gasteiger partial charge < -0.3 is 9.47 Å². The molecule has 1 aromatic carbocycles. The Bertz CT molecular complexity index is 758. The van der Waals surface area contributed by atoms with Crippen LogP contribution < -0.4 is 9.47 Å². The van der Waals surface area contributed by atoms with Crippen LogP contribution in [0.2, 0.25) is 0 Å². The average Bonchev–Trinajstić information content (AvgIpc) is 3.24. The molecule has 5 nitrogen and oxygen atoms in total. The number of aromatic nitrogens is 3. The molecule has 7 heteroatoms. The zero-order chi connectivity index (χ0) is 14.8. The van der Waals surface area contributed by atoms with E-state index < -0.39 is 0 Å².